The van der Waals surface area contributed by atoms with Crippen LogP contribution in [0.15, 0.2) is 24.3 Å². The molecule has 0 bridgehead atoms. The summed E-state index contributed by atoms with van der Waals surface area (Å²) < 4.78 is 3.99. The van der Waals surface area contributed by atoms with Crippen molar-refractivity contribution in [2.45, 2.75) is 0 Å². The van der Waals surface area contributed by atoms with Gasteiger partial charge in [-0.2, -0.15) is 0 Å². The number of para-hydroxylation sites is 1. The van der Waals surface area contributed by atoms with Crippen LogP contribution in [0.1, 0.15) is 0 Å². The standard InChI is InChI=1S/C7H5NS2.CS2/c9-7-8-5-3-1-2-4-6(5)10-7;2-1-3/h1-4H,(H,8,9);. The summed E-state index contributed by atoms with van der Waals surface area (Å²) in [5, 5.41) is 0. The van der Waals surface area contributed by atoms with Crippen LogP contribution in [0.4, 0.5) is 0 Å². The Bertz CT molecular complexity index is 440. The molecule has 1 heterocycles. The van der Waals surface area contributed by atoms with Crippen molar-refractivity contribution in [1.29, 1.82) is 0 Å². The van der Waals surface area contributed by atoms with Crippen LogP contribution in [0.2, 0.25) is 0 Å². The third-order valence-corrected chi connectivity index (χ3v) is 2.54. The summed E-state index contributed by atoms with van der Waals surface area (Å²) in [4.78, 5) is 3.09. The number of benzene rings is 1. The van der Waals surface area contributed by atoms with E-state index in [1.807, 2.05) is 22.5 Å². The zero-order chi connectivity index (χ0) is 9.68. The second-order valence-corrected chi connectivity index (χ2v) is 4.48. The molecule has 0 fully saturated rings. The molecule has 0 saturated carbocycles. The summed E-state index contributed by atoms with van der Waals surface area (Å²) in [5.74, 6) is 0. The molecular weight excluding hydrogens is 238 g/mol. The average Bonchev–Trinajstić information content (AvgIpc) is 2.45. The summed E-state index contributed by atoms with van der Waals surface area (Å²) in [6, 6.07) is 8.11. The maximum absolute atomic E-state index is 4.98. The predicted molar refractivity (Wildman–Crippen MR) is 67.2 cm³/mol. The molecule has 1 nitrogen and oxygen atoms in total. The first-order valence-corrected chi connectivity index (χ1v) is 5.39. The summed E-state index contributed by atoms with van der Waals surface area (Å²) in [6.07, 6.45) is 0. The van der Waals surface area contributed by atoms with E-state index < -0.39 is 0 Å². The molecule has 0 spiro atoms. The van der Waals surface area contributed by atoms with E-state index >= 15 is 0 Å². The van der Waals surface area contributed by atoms with Gasteiger partial charge < -0.3 is 4.98 Å². The number of H-pyrrole nitrogens is 1. The summed E-state index contributed by atoms with van der Waals surface area (Å²) >= 11 is 14.5. The van der Waals surface area contributed by atoms with Crippen LogP contribution < -0.4 is 0 Å². The Morgan fingerprint density at radius 3 is 2.46 bits per heavy atom. The number of nitrogens with one attached hydrogen (secondary N) is 1. The molecule has 2 rings (SSSR count). The van der Waals surface area contributed by atoms with E-state index in [-0.39, 0.29) is 0 Å². The maximum atomic E-state index is 4.98. The lowest BCUT2D eigenvalue weighted by atomic mass is 10.3. The van der Waals surface area contributed by atoms with Gasteiger partial charge in [-0.05, 0) is 48.8 Å². The molecule has 0 saturated heterocycles. The Kier molecular flexibility index (Phi) is 4.35. The van der Waals surface area contributed by atoms with Crippen molar-refractivity contribution < 1.29 is 0 Å². The van der Waals surface area contributed by atoms with Gasteiger partial charge in [0, 0.05) is 4.31 Å². The fourth-order valence-corrected chi connectivity index (χ4v) is 2.01. The zero-order valence-electron chi connectivity index (χ0n) is 6.44. The number of rotatable bonds is 0. The SMILES string of the molecule is S=C=S.S=c1[nH]c2ccccc2s1. The van der Waals surface area contributed by atoms with E-state index in [2.05, 4.69) is 35.5 Å². The monoisotopic (exact) mass is 243 g/mol. The van der Waals surface area contributed by atoms with Gasteiger partial charge >= 0.3 is 0 Å². The number of hydrogen-bond acceptors (Lipinski definition) is 4. The van der Waals surface area contributed by atoms with Crippen molar-refractivity contribution in [1.82, 2.24) is 4.98 Å². The van der Waals surface area contributed by atoms with Crippen LogP contribution in [0.3, 0.4) is 0 Å². The highest BCUT2D eigenvalue weighted by Gasteiger charge is 1.91. The van der Waals surface area contributed by atoms with Crippen LogP contribution in [0.25, 0.3) is 10.2 Å². The first-order chi connectivity index (χ1) is 6.27. The third-order valence-electron chi connectivity index (χ3n) is 1.33. The van der Waals surface area contributed by atoms with Crippen LogP contribution in [-0.4, -0.2) is 9.30 Å². The highest BCUT2D eigenvalue weighted by atomic mass is 32.1. The lowest BCUT2D eigenvalue weighted by Gasteiger charge is -1.81. The van der Waals surface area contributed by atoms with Crippen LogP contribution in [-0.2, 0) is 0 Å². The minimum Gasteiger partial charge on any atom is -0.337 e. The van der Waals surface area contributed by atoms with Crippen molar-refractivity contribution in [3.8, 4) is 0 Å². The van der Waals surface area contributed by atoms with E-state index in [9.17, 15) is 0 Å². The van der Waals surface area contributed by atoms with E-state index in [0.29, 0.717) is 0 Å². The smallest absolute Gasteiger partial charge is 0.159 e. The van der Waals surface area contributed by atoms with Crippen LogP contribution in [0.5, 0.6) is 0 Å². The molecule has 0 aliphatic rings. The maximum Gasteiger partial charge on any atom is 0.159 e. The Morgan fingerprint density at radius 1 is 1.23 bits per heavy atom. The molecule has 0 radical (unpaired) electrons. The van der Waals surface area contributed by atoms with Gasteiger partial charge in [0.1, 0.15) is 0 Å². The number of thiazole rings is 1. The Hall–Kier alpha value is -0.450. The number of hydrogen-bond donors (Lipinski definition) is 1. The minimum absolute atomic E-state index is 0.848. The van der Waals surface area contributed by atoms with Gasteiger partial charge in [0.05, 0.1) is 10.2 Å². The van der Waals surface area contributed by atoms with Crippen molar-refractivity contribution in [2.75, 3.05) is 0 Å². The van der Waals surface area contributed by atoms with Crippen LogP contribution >= 0.6 is 48.0 Å². The van der Waals surface area contributed by atoms with Crippen LogP contribution in [0, 0.1) is 3.95 Å². The average molecular weight is 243 g/mol. The number of fused-ring (bicyclic) bond motifs is 1. The van der Waals surface area contributed by atoms with E-state index in [1.165, 1.54) is 4.70 Å². The van der Waals surface area contributed by atoms with E-state index in [4.69, 9.17) is 12.2 Å². The largest absolute Gasteiger partial charge is 0.337 e. The highest BCUT2D eigenvalue weighted by Crippen LogP contribution is 2.17. The Labute approximate surface area is 95.4 Å². The second kappa shape index (κ2) is 5.32. The molecule has 13 heavy (non-hydrogen) atoms. The van der Waals surface area contributed by atoms with Gasteiger partial charge in [-0.25, -0.2) is 0 Å². The molecule has 5 heteroatoms. The first-order valence-electron chi connectivity index (χ1n) is 3.35. The summed E-state index contributed by atoms with van der Waals surface area (Å²) in [6.45, 7) is 0. The van der Waals surface area contributed by atoms with Crippen molar-refractivity contribution in [3.05, 3.63) is 28.2 Å². The second-order valence-electron chi connectivity index (χ2n) is 2.09. The van der Waals surface area contributed by atoms with Gasteiger partial charge in [-0.15, -0.1) is 11.3 Å². The fourth-order valence-electron chi connectivity index (χ4n) is 0.894. The quantitative estimate of drug-likeness (QED) is 0.705. The third kappa shape index (κ3) is 3.06. The Morgan fingerprint density at radius 2 is 1.85 bits per heavy atom. The molecule has 2 aromatic rings. The van der Waals surface area contributed by atoms with Crippen molar-refractivity contribution >= 4 is 62.5 Å². The minimum atomic E-state index is 0.848. The first kappa shape index (κ1) is 10.6. The van der Waals surface area contributed by atoms with Gasteiger partial charge in [0.15, 0.2) is 3.95 Å². The van der Waals surface area contributed by atoms with Gasteiger partial charge in [0.2, 0.25) is 0 Å². The molecule has 0 aliphatic heterocycles. The van der Waals surface area contributed by atoms with Gasteiger partial charge in [0.25, 0.3) is 0 Å². The zero-order valence-corrected chi connectivity index (χ0v) is 9.71. The Balaban J connectivity index is 0.000000251. The molecule has 1 N–H and O–H groups in total. The summed E-state index contributed by atoms with van der Waals surface area (Å²) in [5.41, 5.74) is 1.14. The molecule has 66 valence electrons. The highest BCUT2D eigenvalue weighted by molar-refractivity contribution is 7.93. The molecule has 0 aliphatic carbocycles. The molecule has 0 atom stereocenters. The molecule has 1 aromatic heterocycles. The van der Waals surface area contributed by atoms with Gasteiger partial charge in [-0.3, -0.25) is 0 Å². The van der Waals surface area contributed by atoms with Crippen molar-refractivity contribution in [2.24, 2.45) is 0 Å². The fraction of sp³-hybridized carbons (Fsp3) is 0. The summed E-state index contributed by atoms with van der Waals surface area (Å²) in [7, 11) is 0. The number of aromatic amines is 1. The predicted octanol–water partition coefficient (Wildman–Crippen LogP) is 3.98. The van der Waals surface area contributed by atoms with Crippen molar-refractivity contribution in [3.63, 3.8) is 0 Å². The topological polar surface area (TPSA) is 15.8 Å². The lowest BCUT2D eigenvalue weighted by Crippen LogP contribution is -1.62. The molecule has 1 aromatic carbocycles. The van der Waals surface area contributed by atoms with E-state index in [1.54, 1.807) is 11.3 Å². The number of thiocarbonyl (C=S) groups is 2. The normalized spacial score (nSPS) is 8.62. The molecule has 0 unspecified atom stereocenters. The molecular formula is C8H5NS4. The lowest BCUT2D eigenvalue weighted by molar-refractivity contribution is 1.47. The number of aromatic nitrogens is 1. The van der Waals surface area contributed by atoms with E-state index in [0.717, 1.165) is 9.47 Å². The van der Waals surface area contributed by atoms with Gasteiger partial charge in [-0.1, -0.05) is 12.1 Å². The molecule has 0 amide bonds.